The van der Waals surface area contributed by atoms with Crippen LogP contribution in [0.2, 0.25) is 0 Å². The molecule has 1 saturated carbocycles. The van der Waals surface area contributed by atoms with Crippen LogP contribution in [0.5, 0.6) is 11.5 Å². The first-order valence-corrected chi connectivity index (χ1v) is 12.1. The summed E-state index contributed by atoms with van der Waals surface area (Å²) in [6.07, 6.45) is -0.536. The predicted octanol–water partition coefficient (Wildman–Crippen LogP) is 5.81. The molecule has 1 aromatic heterocycles. The molecule has 0 radical (unpaired) electrons. The largest absolute Gasteiger partial charge is 0.487 e. The molecule has 1 fully saturated rings. The molecule has 1 aliphatic carbocycles. The number of rotatable bonds is 3. The van der Waals surface area contributed by atoms with Crippen molar-refractivity contribution in [3.8, 4) is 11.5 Å². The molecule has 0 spiro atoms. The van der Waals surface area contributed by atoms with Crippen LogP contribution in [0.3, 0.4) is 0 Å². The van der Waals surface area contributed by atoms with Gasteiger partial charge in [-0.1, -0.05) is 6.42 Å². The maximum atomic E-state index is 13.3. The van der Waals surface area contributed by atoms with E-state index in [1.807, 2.05) is 12.1 Å². The summed E-state index contributed by atoms with van der Waals surface area (Å²) in [5.41, 5.74) is 6.08. The number of nitrogens with two attached hydrogens (primary N) is 1. The molecule has 3 N–H and O–H groups in total. The van der Waals surface area contributed by atoms with Crippen LogP contribution in [0.15, 0.2) is 30.3 Å². The Morgan fingerprint density at radius 3 is 2.56 bits per heavy atom. The van der Waals surface area contributed by atoms with Crippen LogP contribution >= 0.6 is 0 Å². The average molecular weight is 503 g/mol. The average Bonchev–Trinajstić information content (AvgIpc) is 2.90. The van der Waals surface area contributed by atoms with Gasteiger partial charge in [-0.3, -0.25) is 0 Å². The number of halogens is 3. The number of hydrogen-bond donors (Lipinski definition) is 2. The smallest absolute Gasteiger partial charge is 0.416 e. The van der Waals surface area contributed by atoms with E-state index in [1.165, 1.54) is 6.07 Å². The number of aryl methyl sites for hydroxylation is 1. The van der Waals surface area contributed by atoms with Crippen LogP contribution in [0, 0.1) is 6.92 Å². The minimum atomic E-state index is -4.49. The molecule has 5 rings (SSSR count). The van der Waals surface area contributed by atoms with Gasteiger partial charge >= 0.3 is 6.18 Å². The van der Waals surface area contributed by atoms with Crippen LogP contribution in [0.25, 0.3) is 10.9 Å². The number of ether oxygens (including phenoxy) is 3. The molecule has 7 nitrogen and oxygen atoms in total. The highest BCUT2D eigenvalue weighted by Crippen LogP contribution is 2.39. The van der Waals surface area contributed by atoms with Gasteiger partial charge in [0.2, 0.25) is 0 Å². The number of aromatic nitrogens is 2. The number of hydrogen-bond acceptors (Lipinski definition) is 7. The summed E-state index contributed by atoms with van der Waals surface area (Å²) in [6, 6.07) is 6.72. The van der Waals surface area contributed by atoms with E-state index in [9.17, 15) is 13.2 Å². The monoisotopic (exact) mass is 502 g/mol. The number of nitrogens with one attached hydrogen (secondary N) is 1. The number of fused-ring (bicyclic) bond motifs is 3. The molecular weight excluding hydrogens is 473 g/mol. The van der Waals surface area contributed by atoms with Crippen molar-refractivity contribution in [1.82, 2.24) is 9.97 Å². The van der Waals surface area contributed by atoms with Crippen molar-refractivity contribution < 1.29 is 27.4 Å². The van der Waals surface area contributed by atoms with Gasteiger partial charge in [0, 0.05) is 17.1 Å². The molecule has 3 atom stereocenters. The number of nitrogen functional groups attached to an aromatic ring is 1. The van der Waals surface area contributed by atoms with Crippen molar-refractivity contribution >= 4 is 22.4 Å². The van der Waals surface area contributed by atoms with Crippen molar-refractivity contribution in [3.05, 3.63) is 47.3 Å². The van der Waals surface area contributed by atoms with E-state index in [0.717, 1.165) is 37.8 Å². The predicted molar refractivity (Wildman–Crippen MR) is 130 cm³/mol. The lowest BCUT2D eigenvalue weighted by Gasteiger charge is -2.31. The molecule has 2 heterocycles. The summed E-state index contributed by atoms with van der Waals surface area (Å²) in [5, 5.41) is 3.94. The van der Waals surface area contributed by atoms with E-state index in [0.29, 0.717) is 52.8 Å². The highest BCUT2D eigenvalue weighted by Gasteiger charge is 2.32. The maximum absolute atomic E-state index is 13.3. The zero-order valence-electron chi connectivity index (χ0n) is 20.2. The third-order valence-corrected chi connectivity index (χ3v) is 6.62. The normalized spacial score (nSPS) is 21.1. The van der Waals surface area contributed by atoms with Crippen LogP contribution in [-0.2, 0) is 10.9 Å². The molecule has 3 unspecified atom stereocenters. The van der Waals surface area contributed by atoms with Gasteiger partial charge in [0.25, 0.3) is 0 Å². The Balaban J connectivity index is 1.52. The molecule has 0 amide bonds. The Labute approximate surface area is 207 Å². The third kappa shape index (κ3) is 5.13. The van der Waals surface area contributed by atoms with E-state index < -0.39 is 17.8 Å². The van der Waals surface area contributed by atoms with Gasteiger partial charge in [-0.15, -0.1) is 0 Å². The molecule has 36 heavy (non-hydrogen) atoms. The lowest BCUT2D eigenvalue weighted by molar-refractivity contribution is -0.137. The summed E-state index contributed by atoms with van der Waals surface area (Å²) in [4.78, 5) is 9.11. The first-order valence-electron chi connectivity index (χ1n) is 12.1. The Morgan fingerprint density at radius 2 is 1.78 bits per heavy atom. The molecule has 1 aliphatic heterocycles. The number of nitrogens with zero attached hydrogens (tertiary/aromatic N) is 2. The fraction of sp³-hybridized carbons (Fsp3) is 0.462. The van der Waals surface area contributed by atoms with E-state index in [2.05, 4.69) is 15.3 Å². The Morgan fingerprint density at radius 1 is 1.00 bits per heavy atom. The molecular formula is C26H29F3N4O3. The van der Waals surface area contributed by atoms with Gasteiger partial charge in [-0.05, 0) is 62.9 Å². The van der Waals surface area contributed by atoms with E-state index >= 15 is 0 Å². The highest BCUT2D eigenvalue weighted by atomic mass is 19.4. The molecule has 3 aromatic rings. The zero-order valence-corrected chi connectivity index (χ0v) is 20.2. The second-order valence-electron chi connectivity index (χ2n) is 9.39. The van der Waals surface area contributed by atoms with Gasteiger partial charge < -0.3 is 25.3 Å². The number of alkyl halides is 3. The lowest BCUT2D eigenvalue weighted by atomic mass is 9.94. The quantitative estimate of drug-likeness (QED) is 0.437. The molecule has 0 bridgehead atoms. The minimum Gasteiger partial charge on any atom is -0.487 e. The Bertz CT molecular complexity index is 1270. The van der Waals surface area contributed by atoms with Gasteiger partial charge in [-0.2, -0.15) is 13.2 Å². The van der Waals surface area contributed by atoms with Gasteiger partial charge in [0.15, 0.2) is 11.5 Å². The van der Waals surface area contributed by atoms with Gasteiger partial charge in [0.05, 0.1) is 29.8 Å². The molecule has 10 heteroatoms. The molecule has 2 aromatic carbocycles. The first-order chi connectivity index (χ1) is 17.2. The van der Waals surface area contributed by atoms with Crippen LogP contribution < -0.4 is 20.5 Å². The Kier molecular flexibility index (Phi) is 6.55. The zero-order chi connectivity index (χ0) is 25.4. The number of benzene rings is 2. The third-order valence-electron chi connectivity index (χ3n) is 6.62. The van der Waals surface area contributed by atoms with Crippen molar-refractivity contribution in [2.45, 2.75) is 64.0 Å². The van der Waals surface area contributed by atoms with Gasteiger partial charge in [0.1, 0.15) is 24.4 Å². The fourth-order valence-corrected chi connectivity index (χ4v) is 4.85. The maximum Gasteiger partial charge on any atom is 0.416 e. The van der Waals surface area contributed by atoms with Crippen LogP contribution in [0.4, 0.5) is 24.7 Å². The van der Waals surface area contributed by atoms with Crippen LogP contribution in [-0.4, -0.2) is 35.4 Å². The van der Waals surface area contributed by atoms with Gasteiger partial charge in [-0.25, -0.2) is 9.97 Å². The SMILES string of the molecule is Cc1nc(NC(C)c2cc(N)cc(C(F)(F)F)c2)c2cc3c(cc2n1)OCCOC1CCCCC1O3. The summed E-state index contributed by atoms with van der Waals surface area (Å²) >= 11 is 0. The summed E-state index contributed by atoms with van der Waals surface area (Å²) in [7, 11) is 0. The molecule has 2 aliphatic rings. The molecule has 192 valence electrons. The first kappa shape index (κ1) is 24.4. The Hall–Kier alpha value is -3.27. The summed E-state index contributed by atoms with van der Waals surface area (Å²) < 4.78 is 58.4. The summed E-state index contributed by atoms with van der Waals surface area (Å²) in [5.74, 6) is 2.17. The van der Waals surface area contributed by atoms with Crippen molar-refractivity contribution in [2.24, 2.45) is 0 Å². The minimum absolute atomic E-state index is 0.0160. The van der Waals surface area contributed by atoms with E-state index in [-0.39, 0.29) is 17.9 Å². The number of anilines is 2. The summed E-state index contributed by atoms with van der Waals surface area (Å²) in [6.45, 7) is 4.40. The van der Waals surface area contributed by atoms with Crippen molar-refractivity contribution in [2.75, 3.05) is 24.3 Å². The topological polar surface area (TPSA) is 91.5 Å². The second kappa shape index (κ2) is 9.65. The van der Waals surface area contributed by atoms with E-state index in [1.54, 1.807) is 13.8 Å². The fourth-order valence-electron chi connectivity index (χ4n) is 4.85. The van der Waals surface area contributed by atoms with Crippen LogP contribution in [0.1, 0.15) is 55.6 Å². The highest BCUT2D eigenvalue weighted by molar-refractivity contribution is 5.92. The standard InChI is InChI=1S/C26H29F3N4O3/c1-14(16-9-17(26(27,28)29)11-18(30)10-16)31-25-19-12-24-23(13-20(19)32-15(2)33-25)35-8-7-34-21-5-3-4-6-22(21)36-24/h9-14,21-22H,3-8,30H2,1-2H3,(H,31,32,33). The molecule has 0 saturated heterocycles. The van der Waals surface area contributed by atoms with E-state index in [4.69, 9.17) is 19.9 Å². The lowest BCUT2D eigenvalue weighted by Crippen LogP contribution is -2.37. The second-order valence-corrected chi connectivity index (χ2v) is 9.39. The van der Waals surface area contributed by atoms with Crippen molar-refractivity contribution in [3.63, 3.8) is 0 Å². The van der Waals surface area contributed by atoms with Crippen molar-refractivity contribution in [1.29, 1.82) is 0 Å².